The monoisotopic (exact) mass is 1060 g/mol. The summed E-state index contributed by atoms with van der Waals surface area (Å²) in [6, 6.07) is 20.4. The molecule has 1 aliphatic carbocycles. The Morgan fingerprint density at radius 3 is 1.25 bits per heavy atom. The van der Waals surface area contributed by atoms with Crippen molar-refractivity contribution in [2.75, 3.05) is 11.5 Å². The average Bonchev–Trinajstić information content (AvgIpc) is 3.95. The Labute approximate surface area is 389 Å². The first-order valence-corrected chi connectivity index (χ1v) is 38.5. The maximum Gasteiger partial charge on any atom is 0.235 e. The molecule has 60 heavy (non-hydrogen) atoms. The summed E-state index contributed by atoms with van der Waals surface area (Å²) >= 11 is 14.3. The molecule has 0 unspecified atom stereocenters. The number of thiophene rings is 4. The van der Waals surface area contributed by atoms with E-state index >= 15 is 0 Å². The molecule has 4 N–H and O–H groups in total. The highest BCUT2D eigenvalue weighted by molar-refractivity contribution is 9.10. The quantitative estimate of drug-likeness (QED) is 0.0786. The number of nitrogens with zero attached hydrogens (tertiary/aromatic N) is 2. The van der Waals surface area contributed by atoms with Crippen molar-refractivity contribution < 1.29 is 9.59 Å². The highest BCUT2D eigenvalue weighted by Gasteiger charge is 2.37. The van der Waals surface area contributed by atoms with E-state index in [1.165, 1.54) is 29.2 Å². The van der Waals surface area contributed by atoms with Gasteiger partial charge in [-0.2, -0.15) is 0 Å². The number of nitrogens with two attached hydrogens (primary N) is 2. The third-order valence-corrected chi connectivity index (χ3v) is 30.4. The number of ketones is 2. The van der Waals surface area contributed by atoms with Gasteiger partial charge in [0.15, 0.2) is 0 Å². The smallest absolute Gasteiger partial charge is 0.235 e. The van der Waals surface area contributed by atoms with Crippen molar-refractivity contribution >= 4 is 193 Å². The van der Waals surface area contributed by atoms with Gasteiger partial charge in [0.2, 0.25) is 11.6 Å². The van der Waals surface area contributed by atoms with Crippen LogP contribution in [-0.2, 0) is 0 Å². The van der Waals surface area contributed by atoms with Gasteiger partial charge >= 0.3 is 0 Å². The summed E-state index contributed by atoms with van der Waals surface area (Å²) in [7, 11) is -5.78. The van der Waals surface area contributed by atoms with Crippen LogP contribution >= 0.6 is 77.2 Å². The van der Waals surface area contributed by atoms with Crippen LogP contribution in [0.4, 0.5) is 11.4 Å². The zero-order valence-corrected chi connectivity index (χ0v) is 46.5. The molecule has 5 heterocycles. The van der Waals surface area contributed by atoms with Crippen LogP contribution in [0.15, 0.2) is 69.6 Å². The van der Waals surface area contributed by atoms with Gasteiger partial charge in [-0.3, -0.25) is 9.59 Å². The number of benzene rings is 3. The van der Waals surface area contributed by atoms with E-state index in [2.05, 4.69) is 135 Å². The number of hydrogen-bond donors (Lipinski definition) is 2. The average molecular weight is 1070 g/mol. The third kappa shape index (κ3) is 8.92. The second kappa shape index (κ2) is 16.2. The summed E-state index contributed by atoms with van der Waals surface area (Å²) < 4.78 is 10.5. The second-order valence-electron chi connectivity index (χ2n) is 19.4. The first-order chi connectivity index (χ1) is 27.7. The molecule has 0 radical (unpaired) electrons. The number of halogens is 2. The van der Waals surface area contributed by atoms with Crippen molar-refractivity contribution in [2.45, 2.75) is 78.6 Å². The van der Waals surface area contributed by atoms with Crippen molar-refractivity contribution in [2.24, 2.45) is 0 Å². The Morgan fingerprint density at radius 2 is 0.850 bits per heavy atom. The van der Waals surface area contributed by atoms with E-state index in [9.17, 15) is 9.59 Å². The molecule has 1 aliphatic rings. The van der Waals surface area contributed by atoms with Gasteiger partial charge in [0.1, 0.15) is 0 Å². The standard InChI is InChI=1S/C22H23BrN2S2Si2.C16H20O2S2Si2.C6H7BrN2/c1-28(2,3)17-10-13-19-20(25-16-9-12(23)7-8-15(16)24-19)14-11-18(29(4,5)6)27-22(14)21(13)26-17;1-21(2,3)11-7-9-13(17)14(18)10-8-12(22(4,5)6)20-16(10)15(9)19-11;7-4-1-2-5(8)6(9)3-4/h7-11H,1-6H3;7-8H,1-6H3;1-3H,8-9H2. The number of anilines is 2. The maximum atomic E-state index is 12.5. The molecule has 0 amide bonds. The van der Waals surface area contributed by atoms with Gasteiger partial charge < -0.3 is 11.5 Å². The van der Waals surface area contributed by atoms with Crippen LogP contribution in [0.1, 0.15) is 20.7 Å². The van der Waals surface area contributed by atoms with E-state index in [1.807, 2.05) is 46.9 Å². The van der Waals surface area contributed by atoms with Gasteiger partial charge in [0, 0.05) is 30.8 Å². The first-order valence-electron chi connectivity index (χ1n) is 19.7. The molecule has 0 aliphatic heterocycles. The fourth-order valence-electron chi connectivity index (χ4n) is 6.60. The largest absolute Gasteiger partial charge is 0.397 e. The predicted octanol–water partition coefficient (Wildman–Crippen LogP) is 12.6. The van der Waals surface area contributed by atoms with Gasteiger partial charge in [-0.25, -0.2) is 9.97 Å². The zero-order chi connectivity index (χ0) is 44.0. The highest BCUT2D eigenvalue weighted by Crippen LogP contribution is 2.42. The topological polar surface area (TPSA) is 112 Å². The van der Waals surface area contributed by atoms with Crippen molar-refractivity contribution in [1.82, 2.24) is 9.97 Å². The summed E-state index contributed by atoms with van der Waals surface area (Å²) in [6.07, 6.45) is 0. The van der Waals surface area contributed by atoms with Crippen LogP contribution in [0.3, 0.4) is 0 Å². The third-order valence-electron chi connectivity index (χ3n) is 10.2. The van der Waals surface area contributed by atoms with Gasteiger partial charge in [0.25, 0.3) is 0 Å². The lowest BCUT2D eigenvalue weighted by molar-refractivity contribution is 0.0816. The fourth-order valence-corrected chi connectivity index (χ4v) is 19.7. The fraction of sp³-hybridized carbons (Fsp3) is 0.273. The van der Waals surface area contributed by atoms with Gasteiger partial charge in [-0.05, 0) is 78.7 Å². The number of Topliss-reactive ketones (excluding diaryl/α,β-unsaturated/α-hetero) is 2. The number of aromatic nitrogens is 2. The minimum Gasteiger partial charge on any atom is -0.397 e. The molecule has 0 saturated heterocycles. The van der Waals surface area contributed by atoms with E-state index in [0.29, 0.717) is 22.5 Å². The van der Waals surface area contributed by atoms with Crippen molar-refractivity contribution in [3.8, 4) is 9.75 Å². The summed E-state index contributed by atoms with van der Waals surface area (Å²) in [5, 5.41) is 2.57. The Bertz CT molecular complexity index is 2970. The van der Waals surface area contributed by atoms with Crippen molar-refractivity contribution in [3.63, 3.8) is 0 Å². The second-order valence-corrected chi connectivity index (χ2v) is 47.0. The molecular weight excluding hydrogens is 1020 g/mol. The predicted molar refractivity (Wildman–Crippen MR) is 287 cm³/mol. The number of nitrogen functional groups attached to an aromatic ring is 2. The van der Waals surface area contributed by atoms with E-state index in [4.69, 9.17) is 21.4 Å². The molecule has 0 fully saturated rings. The summed E-state index contributed by atoms with van der Waals surface area (Å²) in [5.74, 6) is -0.633. The summed E-state index contributed by atoms with van der Waals surface area (Å²) in [5.41, 5.74) is 17.5. The molecule has 312 valence electrons. The molecule has 0 spiro atoms. The Balaban J connectivity index is 0.000000154. The molecule has 0 bridgehead atoms. The molecule has 16 heteroatoms. The number of carbonyl (C=O) groups is 2. The molecule has 0 saturated carbocycles. The lowest BCUT2D eigenvalue weighted by atomic mass is 9.96. The minimum absolute atomic E-state index is 0.317. The zero-order valence-electron chi connectivity index (χ0n) is 36.0. The van der Waals surface area contributed by atoms with Crippen LogP contribution in [0.2, 0.25) is 78.6 Å². The molecule has 6 nitrogen and oxygen atoms in total. The van der Waals surface area contributed by atoms with Crippen LogP contribution in [0.5, 0.6) is 0 Å². The van der Waals surface area contributed by atoms with Crippen LogP contribution in [0.25, 0.3) is 52.0 Å². The summed E-state index contributed by atoms with van der Waals surface area (Å²) in [4.78, 5) is 37.2. The number of hydrogen-bond acceptors (Lipinski definition) is 10. The van der Waals surface area contributed by atoms with Crippen LogP contribution in [0, 0.1) is 0 Å². The number of carbonyl (C=O) groups excluding carboxylic acids is 2. The maximum absolute atomic E-state index is 12.5. The van der Waals surface area contributed by atoms with Crippen LogP contribution < -0.4 is 29.5 Å². The number of rotatable bonds is 4. The Morgan fingerprint density at radius 1 is 0.467 bits per heavy atom. The first kappa shape index (κ1) is 45.4. The normalized spacial score (nSPS) is 13.4. The molecule has 8 aromatic rings. The Kier molecular flexibility index (Phi) is 12.2. The number of fused-ring (bicyclic) bond motifs is 10. The Hall–Kier alpha value is -2.65. The van der Waals surface area contributed by atoms with Gasteiger partial charge in [-0.1, -0.05) is 110 Å². The van der Waals surface area contributed by atoms with Gasteiger partial charge in [-0.15, -0.1) is 45.3 Å². The molecule has 5 aromatic heterocycles. The molecule has 0 atom stereocenters. The SMILES string of the molecule is C[Si](C)(C)c1cc2c(s1)-c1sc([Si](C)(C)C)cc1C(=O)C2=O.C[Si](C)(C)c1cc2c3nc4ccc(Br)cc4nc3c3cc([Si](C)(C)C)sc3c2s1.Nc1ccc(Br)cc1N. The minimum atomic E-state index is -1.48. The van der Waals surface area contributed by atoms with Crippen LogP contribution in [-0.4, -0.2) is 53.8 Å². The van der Waals surface area contributed by atoms with E-state index in [0.717, 1.165) is 40.8 Å². The summed E-state index contributed by atoms with van der Waals surface area (Å²) in [6.45, 7) is 28.2. The van der Waals surface area contributed by atoms with Crippen molar-refractivity contribution in [1.29, 1.82) is 0 Å². The lowest BCUT2D eigenvalue weighted by Gasteiger charge is -2.12. The highest BCUT2D eigenvalue weighted by atomic mass is 79.9. The molecule has 9 rings (SSSR count). The van der Waals surface area contributed by atoms with Gasteiger partial charge in [0.05, 0.1) is 84.9 Å². The van der Waals surface area contributed by atoms with E-state index in [1.54, 1.807) is 43.8 Å². The molecule has 3 aromatic carbocycles. The van der Waals surface area contributed by atoms with E-state index < -0.39 is 32.3 Å². The van der Waals surface area contributed by atoms with Crippen molar-refractivity contribution in [3.05, 3.63) is 80.7 Å². The van der Waals surface area contributed by atoms with E-state index in [-0.39, 0.29) is 11.6 Å². The lowest BCUT2D eigenvalue weighted by Crippen LogP contribution is -2.35. The molecular formula is C44H50Br2N4O2S4Si4.